The van der Waals surface area contributed by atoms with E-state index in [-0.39, 0.29) is 11.3 Å². The number of aliphatic hydroxyl groups excluding tert-OH is 1. The van der Waals surface area contributed by atoms with Crippen molar-refractivity contribution in [1.29, 1.82) is 0 Å². The van der Waals surface area contributed by atoms with Gasteiger partial charge in [0.15, 0.2) is 0 Å². The highest BCUT2D eigenvalue weighted by molar-refractivity contribution is 6.51. The fourth-order valence-electron chi connectivity index (χ4n) is 4.25. The number of pyridine rings is 1. The molecule has 1 N–H and O–H groups in total. The van der Waals surface area contributed by atoms with Crippen LogP contribution in [0, 0.1) is 0 Å². The molecule has 0 bridgehead atoms. The van der Waals surface area contributed by atoms with E-state index in [9.17, 15) is 14.7 Å². The number of amides is 1. The Labute approximate surface area is 210 Å². The van der Waals surface area contributed by atoms with Crippen LogP contribution in [0.2, 0.25) is 0 Å². The van der Waals surface area contributed by atoms with Crippen LogP contribution in [0.15, 0.2) is 72.6 Å². The number of benzene rings is 2. The van der Waals surface area contributed by atoms with E-state index in [0.29, 0.717) is 41.5 Å². The number of carbonyl (C=O) groups is 2. The Hall–Kier alpha value is -4.33. The second-order valence-corrected chi connectivity index (χ2v) is 8.38. The molecular weight excluding hydrogens is 458 g/mol. The predicted octanol–water partition coefficient (Wildman–Crippen LogP) is 4.57. The van der Waals surface area contributed by atoms with Crippen molar-refractivity contribution in [2.75, 3.05) is 37.1 Å². The lowest BCUT2D eigenvalue weighted by atomic mass is 9.95. The molecule has 1 aliphatic rings. The van der Waals surface area contributed by atoms with Crippen LogP contribution in [0.1, 0.15) is 31.0 Å². The normalized spacial score (nSPS) is 16.8. The second kappa shape index (κ2) is 10.5. The zero-order chi connectivity index (χ0) is 25.8. The lowest BCUT2D eigenvalue weighted by Gasteiger charge is -2.26. The van der Waals surface area contributed by atoms with Gasteiger partial charge in [-0.05, 0) is 67.9 Å². The fourth-order valence-corrected chi connectivity index (χ4v) is 4.25. The van der Waals surface area contributed by atoms with Gasteiger partial charge in [-0.3, -0.25) is 19.5 Å². The number of aromatic nitrogens is 1. The van der Waals surface area contributed by atoms with Gasteiger partial charge in [-0.2, -0.15) is 0 Å². The molecule has 0 saturated carbocycles. The first kappa shape index (κ1) is 24.8. The van der Waals surface area contributed by atoms with Crippen LogP contribution in [0.3, 0.4) is 0 Å². The maximum atomic E-state index is 13.4. The minimum absolute atomic E-state index is 0.0204. The molecular formula is C28H29N3O5. The number of aliphatic hydroxyl groups is 1. The fraction of sp³-hybridized carbons (Fsp3) is 0.250. The van der Waals surface area contributed by atoms with Crippen LogP contribution in [0.25, 0.3) is 5.76 Å². The average molecular weight is 488 g/mol. The maximum absolute atomic E-state index is 13.4. The third-order valence-electron chi connectivity index (χ3n) is 5.93. The molecule has 1 unspecified atom stereocenters. The SMILES string of the molecule is CCOc1ccc(/C(O)=C2/C(=O)C(=O)N(c3ccc(N(C)C)cc3)C2c2ccncc2)c(OCC)c1. The van der Waals surface area contributed by atoms with Crippen LogP contribution in [0.4, 0.5) is 11.4 Å². The first-order chi connectivity index (χ1) is 17.4. The topological polar surface area (TPSA) is 92.2 Å². The number of rotatable bonds is 8. The Morgan fingerprint density at radius 3 is 2.25 bits per heavy atom. The number of nitrogens with zero attached hydrogens (tertiary/aromatic N) is 3. The first-order valence-corrected chi connectivity index (χ1v) is 11.8. The van der Waals surface area contributed by atoms with E-state index in [1.54, 1.807) is 54.9 Å². The van der Waals surface area contributed by atoms with E-state index in [1.165, 1.54) is 4.90 Å². The van der Waals surface area contributed by atoms with Gasteiger partial charge in [-0.1, -0.05) is 0 Å². The molecule has 3 aromatic rings. The van der Waals surface area contributed by atoms with Crippen molar-refractivity contribution in [3.8, 4) is 11.5 Å². The molecule has 2 heterocycles. The summed E-state index contributed by atoms with van der Waals surface area (Å²) in [5.74, 6) is -0.878. The third kappa shape index (κ3) is 4.62. The molecule has 8 heteroatoms. The largest absolute Gasteiger partial charge is 0.507 e. The molecule has 1 fully saturated rings. The van der Waals surface area contributed by atoms with Crippen molar-refractivity contribution in [2.45, 2.75) is 19.9 Å². The summed E-state index contributed by atoms with van der Waals surface area (Å²) in [6.45, 7) is 4.51. The lowest BCUT2D eigenvalue weighted by Crippen LogP contribution is -2.29. The van der Waals surface area contributed by atoms with Gasteiger partial charge in [0, 0.05) is 43.9 Å². The van der Waals surface area contributed by atoms with Crippen molar-refractivity contribution in [1.82, 2.24) is 4.98 Å². The van der Waals surface area contributed by atoms with Gasteiger partial charge in [-0.25, -0.2) is 0 Å². The highest BCUT2D eigenvalue weighted by Crippen LogP contribution is 2.43. The number of ether oxygens (including phenoxy) is 2. The maximum Gasteiger partial charge on any atom is 0.300 e. The lowest BCUT2D eigenvalue weighted by molar-refractivity contribution is -0.132. The van der Waals surface area contributed by atoms with Gasteiger partial charge in [-0.15, -0.1) is 0 Å². The number of anilines is 2. The number of hydrogen-bond acceptors (Lipinski definition) is 7. The summed E-state index contributed by atoms with van der Waals surface area (Å²) < 4.78 is 11.3. The molecule has 1 saturated heterocycles. The summed E-state index contributed by atoms with van der Waals surface area (Å²) in [5.41, 5.74) is 2.42. The number of ketones is 1. The standard InChI is InChI=1S/C28H29N3O5/c1-5-35-21-11-12-22(23(17-21)36-6-2)26(32)24-25(18-13-15-29-16-14-18)31(28(34)27(24)33)20-9-7-19(8-10-20)30(3)4/h7-17,25,32H,5-6H2,1-4H3/b26-24-. The highest BCUT2D eigenvalue weighted by Gasteiger charge is 2.47. The number of hydrogen-bond donors (Lipinski definition) is 1. The van der Waals surface area contributed by atoms with Crippen molar-refractivity contribution < 1.29 is 24.2 Å². The molecule has 0 spiro atoms. The van der Waals surface area contributed by atoms with Crippen LogP contribution >= 0.6 is 0 Å². The van der Waals surface area contributed by atoms with Gasteiger partial charge in [0.25, 0.3) is 11.7 Å². The molecule has 1 atom stereocenters. The molecule has 1 aliphatic heterocycles. The summed E-state index contributed by atoms with van der Waals surface area (Å²) in [7, 11) is 3.84. The molecule has 4 rings (SSSR count). The van der Waals surface area contributed by atoms with E-state index in [1.807, 2.05) is 45.0 Å². The van der Waals surface area contributed by atoms with E-state index in [2.05, 4.69) is 4.98 Å². The predicted molar refractivity (Wildman–Crippen MR) is 139 cm³/mol. The van der Waals surface area contributed by atoms with Gasteiger partial charge >= 0.3 is 0 Å². The quantitative estimate of drug-likeness (QED) is 0.283. The third-order valence-corrected chi connectivity index (χ3v) is 5.93. The van der Waals surface area contributed by atoms with Gasteiger partial charge < -0.3 is 19.5 Å². The average Bonchev–Trinajstić information content (AvgIpc) is 3.15. The Morgan fingerprint density at radius 2 is 1.64 bits per heavy atom. The van der Waals surface area contributed by atoms with Gasteiger partial charge in [0.05, 0.1) is 30.4 Å². The smallest absolute Gasteiger partial charge is 0.300 e. The summed E-state index contributed by atoms with van der Waals surface area (Å²) in [5, 5.41) is 11.5. The number of Topliss-reactive ketones (excluding diaryl/α,β-unsaturated/α-hetero) is 1. The van der Waals surface area contributed by atoms with Crippen molar-refractivity contribution in [3.63, 3.8) is 0 Å². The van der Waals surface area contributed by atoms with Crippen molar-refractivity contribution in [2.24, 2.45) is 0 Å². The van der Waals surface area contributed by atoms with Crippen LogP contribution < -0.4 is 19.3 Å². The van der Waals surface area contributed by atoms with Crippen LogP contribution in [0.5, 0.6) is 11.5 Å². The highest BCUT2D eigenvalue weighted by atomic mass is 16.5. The molecule has 1 aromatic heterocycles. The molecule has 1 amide bonds. The summed E-state index contributed by atoms with van der Waals surface area (Å²) >= 11 is 0. The van der Waals surface area contributed by atoms with E-state index < -0.39 is 17.7 Å². The molecule has 0 aliphatic carbocycles. The summed E-state index contributed by atoms with van der Waals surface area (Å²) in [6.07, 6.45) is 3.18. The molecule has 186 valence electrons. The monoisotopic (exact) mass is 487 g/mol. The zero-order valence-corrected chi connectivity index (χ0v) is 20.8. The Morgan fingerprint density at radius 1 is 0.972 bits per heavy atom. The van der Waals surface area contributed by atoms with Crippen molar-refractivity contribution in [3.05, 3.63) is 83.7 Å². The Balaban J connectivity index is 1.90. The van der Waals surface area contributed by atoms with E-state index in [4.69, 9.17) is 9.47 Å². The summed E-state index contributed by atoms with van der Waals surface area (Å²) in [4.78, 5) is 34.2. The molecule has 0 radical (unpaired) electrons. The zero-order valence-electron chi connectivity index (χ0n) is 20.8. The second-order valence-electron chi connectivity index (χ2n) is 8.38. The molecule has 2 aromatic carbocycles. The minimum Gasteiger partial charge on any atom is -0.507 e. The minimum atomic E-state index is -0.848. The van der Waals surface area contributed by atoms with Crippen LogP contribution in [-0.2, 0) is 9.59 Å². The number of carbonyl (C=O) groups excluding carboxylic acids is 2. The van der Waals surface area contributed by atoms with E-state index >= 15 is 0 Å². The van der Waals surface area contributed by atoms with Crippen LogP contribution in [-0.4, -0.2) is 49.1 Å². The van der Waals surface area contributed by atoms with Gasteiger partial charge in [0.2, 0.25) is 0 Å². The van der Waals surface area contributed by atoms with E-state index in [0.717, 1.165) is 5.69 Å². The first-order valence-electron chi connectivity index (χ1n) is 11.8. The van der Waals surface area contributed by atoms with Gasteiger partial charge in [0.1, 0.15) is 17.3 Å². The molecule has 8 nitrogen and oxygen atoms in total. The Kier molecular flexibility index (Phi) is 7.24. The molecule has 36 heavy (non-hydrogen) atoms. The van der Waals surface area contributed by atoms with Crippen molar-refractivity contribution >= 4 is 28.8 Å². The Bertz CT molecular complexity index is 1290. The summed E-state index contributed by atoms with van der Waals surface area (Å²) in [6, 6.07) is 14.9.